The average molecular weight is 663 g/mol. The lowest BCUT2D eigenvalue weighted by Gasteiger charge is -2.10. The Hall–Kier alpha value is -4.80. The molecule has 43 heavy (non-hydrogen) atoms. The molecule has 0 saturated heterocycles. The standard InChI is InChI=1S/C32H25BrClN3O6/c1-40-21-11-8-18(9-12-21)32(39)43-24-13-10-20(33)16-19(24)17-35-37-31(38)30-27(22-6-4-5-7-23(22)34)28-25(41-2)14-15-26(42-3)29(28)36-30/h4-17,36H,1-3H3,(H,37,38). The van der Waals surface area contributed by atoms with Gasteiger partial charge in [-0.1, -0.05) is 45.7 Å². The van der Waals surface area contributed by atoms with Crippen molar-refractivity contribution in [2.24, 2.45) is 5.10 Å². The number of nitrogens with one attached hydrogen (secondary N) is 2. The van der Waals surface area contributed by atoms with Crippen LogP contribution in [-0.4, -0.2) is 44.4 Å². The summed E-state index contributed by atoms with van der Waals surface area (Å²) in [5, 5.41) is 5.24. The van der Waals surface area contributed by atoms with E-state index >= 15 is 0 Å². The predicted octanol–water partition coefficient (Wildman–Crippen LogP) is 7.26. The summed E-state index contributed by atoms with van der Waals surface area (Å²) >= 11 is 10.0. The number of ether oxygens (including phenoxy) is 4. The van der Waals surface area contributed by atoms with Crippen molar-refractivity contribution in [3.63, 3.8) is 0 Å². The highest BCUT2D eigenvalue weighted by Crippen LogP contribution is 2.44. The van der Waals surface area contributed by atoms with Gasteiger partial charge in [0.1, 0.15) is 28.7 Å². The Morgan fingerprint density at radius 1 is 0.884 bits per heavy atom. The topological polar surface area (TPSA) is 111 Å². The van der Waals surface area contributed by atoms with Gasteiger partial charge in [0.15, 0.2) is 0 Å². The third kappa shape index (κ3) is 6.20. The zero-order chi connectivity index (χ0) is 30.5. The maximum absolute atomic E-state index is 13.6. The van der Waals surface area contributed by atoms with Crippen LogP contribution in [0, 0.1) is 0 Å². The first-order valence-corrected chi connectivity index (χ1v) is 14.0. The average Bonchev–Trinajstić information content (AvgIpc) is 3.43. The van der Waals surface area contributed by atoms with Crippen LogP contribution in [0.5, 0.6) is 23.0 Å². The minimum atomic E-state index is -0.561. The molecule has 4 aromatic carbocycles. The lowest BCUT2D eigenvalue weighted by Crippen LogP contribution is -2.19. The molecule has 0 aliphatic rings. The quantitative estimate of drug-likeness (QED) is 0.0744. The summed E-state index contributed by atoms with van der Waals surface area (Å²) in [6.45, 7) is 0. The summed E-state index contributed by atoms with van der Waals surface area (Å²) in [5.41, 5.74) is 5.26. The Balaban J connectivity index is 1.47. The number of aromatic nitrogens is 1. The highest BCUT2D eigenvalue weighted by molar-refractivity contribution is 9.10. The van der Waals surface area contributed by atoms with Gasteiger partial charge in [-0.15, -0.1) is 0 Å². The zero-order valence-electron chi connectivity index (χ0n) is 23.2. The number of hydrazone groups is 1. The molecule has 1 amide bonds. The van der Waals surface area contributed by atoms with Gasteiger partial charge < -0.3 is 23.9 Å². The normalized spacial score (nSPS) is 11.0. The summed E-state index contributed by atoms with van der Waals surface area (Å²) in [6.07, 6.45) is 1.39. The molecule has 11 heteroatoms. The molecule has 0 unspecified atom stereocenters. The van der Waals surface area contributed by atoms with Gasteiger partial charge in [0.05, 0.1) is 44.0 Å². The van der Waals surface area contributed by atoms with Crippen LogP contribution < -0.4 is 24.4 Å². The van der Waals surface area contributed by atoms with Crippen molar-refractivity contribution < 1.29 is 28.5 Å². The van der Waals surface area contributed by atoms with E-state index in [1.807, 2.05) is 12.1 Å². The molecule has 0 bridgehead atoms. The molecule has 0 fully saturated rings. The summed E-state index contributed by atoms with van der Waals surface area (Å²) in [4.78, 5) is 29.5. The second-order valence-electron chi connectivity index (χ2n) is 9.07. The minimum Gasteiger partial charge on any atom is -0.497 e. The van der Waals surface area contributed by atoms with Crippen LogP contribution in [0.4, 0.5) is 0 Å². The number of fused-ring (bicyclic) bond motifs is 1. The molecule has 0 atom stereocenters. The van der Waals surface area contributed by atoms with Crippen LogP contribution in [-0.2, 0) is 0 Å². The summed E-state index contributed by atoms with van der Waals surface area (Å²) in [7, 11) is 4.63. The number of hydrogen-bond donors (Lipinski definition) is 2. The molecule has 0 spiro atoms. The smallest absolute Gasteiger partial charge is 0.343 e. The largest absolute Gasteiger partial charge is 0.497 e. The van der Waals surface area contributed by atoms with E-state index in [4.69, 9.17) is 30.5 Å². The first kappa shape index (κ1) is 29.7. The highest BCUT2D eigenvalue weighted by Gasteiger charge is 2.25. The molecule has 0 aliphatic heterocycles. The SMILES string of the molecule is COc1ccc(C(=O)Oc2ccc(Br)cc2C=NNC(=O)c2[nH]c3c(OC)ccc(OC)c3c2-c2ccccc2Cl)cc1. The Kier molecular flexibility index (Phi) is 8.98. The number of esters is 1. The van der Waals surface area contributed by atoms with Crippen LogP contribution in [0.15, 0.2) is 88.4 Å². The van der Waals surface area contributed by atoms with Gasteiger partial charge in [0.2, 0.25) is 0 Å². The number of aromatic amines is 1. The number of methoxy groups -OCH3 is 3. The number of H-pyrrole nitrogens is 1. The second kappa shape index (κ2) is 13.0. The number of benzene rings is 4. The van der Waals surface area contributed by atoms with Gasteiger partial charge in [-0.2, -0.15) is 5.10 Å². The number of nitrogens with zero attached hydrogens (tertiary/aromatic N) is 1. The van der Waals surface area contributed by atoms with E-state index in [0.717, 1.165) is 4.47 Å². The number of hydrogen-bond acceptors (Lipinski definition) is 7. The van der Waals surface area contributed by atoms with Gasteiger partial charge in [-0.05, 0) is 60.7 Å². The Morgan fingerprint density at radius 3 is 2.28 bits per heavy atom. The van der Waals surface area contributed by atoms with Gasteiger partial charge >= 0.3 is 5.97 Å². The fourth-order valence-electron chi connectivity index (χ4n) is 4.51. The maximum Gasteiger partial charge on any atom is 0.343 e. The van der Waals surface area contributed by atoms with Crippen molar-refractivity contribution >= 4 is 56.5 Å². The molecule has 0 saturated carbocycles. The van der Waals surface area contributed by atoms with Gasteiger partial charge in [-0.25, -0.2) is 10.2 Å². The monoisotopic (exact) mass is 661 g/mol. The first-order chi connectivity index (χ1) is 20.8. The van der Waals surface area contributed by atoms with Crippen molar-refractivity contribution in [3.05, 3.63) is 105 Å². The molecule has 1 heterocycles. The fourth-order valence-corrected chi connectivity index (χ4v) is 5.12. The number of halogens is 2. The van der Waals surface area contributed by atoms with Crippen LogP contribution in [0.2, 0.25) is 5.02 Å². The van der Waals surface area contributed by atoms with Gasteiger partial charge in [0, 0.05) is 26.2 Å². The number of carbonyl (C=O) groups excluding carboxylic acids is 2. The maximum atomic E-state index is 13.6. The molecule has 5 rings (SSSR count). The molecular formula is C32H25BrClN3O6. The molecule has 0 radical (unpaired) electrons. The van der Waals surface area contributed by atoms with Crippen molar-refractivity contribution in [1.82, 2.24) is 10.4 Å². The highest BCUT2D eigenvalue weighted by atomic mass is 79.9. The van der Waals surface area contributed by atoms with Crippen LogP contribution in [0.3, 0.4) is 0 Å². The third-order valence-corrected chi connectivity index (χ3v) is 7.38. The van der Waals surface area contributed by atoms with E-state index in [0.29, 0.717) is 55.4 Å². The summed E-state index contributed by atoms with van der Waals surface area (Å²) in [5.74, 6) is 0.811. The molecule has 218 valence electrons. The number of rotatable bonds is 9. The van der Waals surface area contributed by atoms with Crippen LogP contribution in [0.25, 0.3) is 22.0 Å². The van der Waals surface area contributed by atoms with E-state index < -0.39 is 11.9 Å². The van der Waals surface area contributed by atoms with Crippen molar-refractivity contribution in [1.29, 1.82) is 0 Å². The first-order valence-electron chi connectivity index (χ1n) is 12.8. The van der Waals surface area contributed by atoms with Crippen molar-refractivity contribution in [2.75, 3.05) is 21.3 Å². The lowest BCUT2D eigenvalue weighted by molar-refractivity contribution is 0.0734. The number of carbonyl (C=O) groups is 2. The zero-order valence-corrected chi connectivity index (χ0v) is 25.6. The minimum absolute atomic E-state index is 0.198. The van der Waals surface area contributed by atoms with E-state index in [-0.39, 0.29) is 11.4 Å². The summed E-state index contributed by atoms with van der Waals surface area (Å²) in [6, 6.07) is 22.3. The van der Waals surface area contributed by atoms with Crippen LogP contribution in [0.1, 0.15) is 26.4 Å². The van der Waals surface area contributed by atoms with E-state index in [9.17, 15) is 9.59 Å². The van der Waals surface area contributed by atoms with Crippen molar-refractivity contribution in [2.45, 2.75) is 0 Å². The Morgan fingerprint density at radius 2 is 1.58 bits per heavy atom. The molecular weight excluding hydrogens is 638 g/mol. The van der Waals surface area contributed by atoms with E-state index in [2.05, 4.69) is 31.4 Å². The Bertz CT molecular complexity index is 1850. The fraction of sp³-hybridized carbons (Fsp3) is 0.0938. The second-order valence-corrected chi connectivity index (χ2v) is 10.4. The van der Waals surface area contributed by atoms with Crippen LogP contribution >= 0.6 is 27.5 Å². The van der Waals surface area contributed by atoms with Gasteiger partial charge in [-0.3, -0.25) is 4.79 Å². The molecule has 1 aromatic heterocycles. The Labute approximate surface area is 260 Å². The molecule has 2 N–H and O–H groups in total. The molecule has 9 nitrogen and oxygen atoms in total. The lowest BCUT2D eigenvalue weighted by atomic mass is 10.0. The molecule has 0 aliphatic carbocycles. The third-order valence-electron chi connectivity index (χ3n) is 6.56. The number of amides is 1. The van der Waals surface area contributed by atoms with E-state index in [1.54, 1.807) is 88.1 Å². The van der Waals surface area contributed by atoms with Crippen molar-refractivity contribution in [3.8, 4) is 34.1 Å². The predicted molar refractivity (Wildman–Crippen MR) is 169 cm³/mol. The molecule has 5 aromatic rings. The van der Waals surface area contributed by atoms with E-state index in [1.165, 1.54) is 6.21 Å². The summed E-state index contributed by atoms with van der Waals surface area (Å²) < 4.78 is 22.7. The van der Waals surface area contributed by atoms with Gasteiger partial charge in [0.25, 0.3) is 5.91 Å².